The summed E-state index contributed by atoms with van der Waals surface area (Å²) in [7, 11) is 1.44. The molecule has 0 radical (unpaired) electrons. The Bertz CT molecular complexity index is 575. The van der Waals surface area contributed by atoms with Crippen LogP contribution in [-0.2, 0) is 9.05 Å². The quantitative estimate of drug-likeness (QED) is 0.578. The van der Waals surface area contributed by atoms with E-state index in [2.05, 4.69) is 28.2 Å². The molecule has 1 aromatic rings. The molecule has 0 aromatic heterocycles. The lowest BCUT2D eigenvalue weighted by Gasteiger charge is -2.07. The van der Waals surface area contributed by atoms with Crippen LogP contribution in [0, 0.1) is 0 Å². The average Bonchev–Trinajstić information content (AvgIpc) is 2.36. The second-order valence-corrected chi connectivity index (χ2v) is 7.91. The van der Waals surface area contributed by atoms with Crippen LogP contribution in [0.4, 0.5) is 0 Å². The first kappa shape index (κ1) is 17.5. The number of carbonyl (C=O) groups is 1. The van der Waals surface area contributed by atoms with Crippen LogP contribution in [0.1, 0.15) is 43.0 Å². The van der Waals surface area contributed by atoms with E-state index in [0.29, 0.717) is 11.0 Å². The molecule has 1 amide bonds. The molecular formula is C13H17BrClNO3S. The molecule has 0 fully saturated rings. The lowest BCUT2D eigenvalue weighted by atomic mass is 10.2. The highest BCUT2D eigenvalue weighted by Crippen LogP contribution is 2.22. The summed E-state index contributed by atoms with van der Waals surface area (Å²) in [5, 5.41) is 2.77. The largest absolute Gasteiger partial charge is 0.352 e. The van der Waals surface area contributed by atoms with Crippen LogP contribution in [0.15, 0.2) is 27.6 Å². The van der Waals surface area contributed by atoms with Crippen molar-refractivity contribution in [1.82, 2.24) is 5.32 Å². The Labute approximate surface area is 132 Å². The van der Waals surface area contributed by atoms with Gasteiger partial charge in [0.2, 0.25) is 0 Å². The fourth-order valence-electron chi connectivity index (χ4n) is 1.69. The van der Waals surface area contributed by atoms with Gasteiger partial charge in [0.1, 0.15) is 0 Å². The predicted molar refractivity (Wildman–Crippen MR) is 83.7 cm³/mol. The fraction of sp³-hybridized carbons (Fsp3) is 0.462. The molecule has 1 N–H and O–H groups in total. The predicted octanol–water partition coefficient (Wildman–Crippen LogP) is 3.69. The maximum absolute atomic E-state index is 11.9. The number of halogens is 2. The Morgan fingerprint density at radius 3 is 2.55 bits per heavy atom. The molecule has 0 atom stereocenters. The Kier molecular flexibility index (Phi) is 6.99. The van der Waals surface area contributed by atoms with Crippen LogP contribution in [0.2, 0.25) is 0 Å². The maximum atomic E-state index is 11.9. The van der Waals surface area contributed by atoms with E-state index in [0.717, 1.165) is 25.7 Å². The molecule has 0 unspecified atom stereocenters. The topological polar surface area (TPSA) is 63.2 Å². The van der Waals surface area contributed by atoms with Gasteiger partial charge >= 0.3 is 0 Å². The standard InChI is InChI=1S/C13H17BrClNO3S/c1-2-3-4-5-6-16-13(17)10-7-11(14)9-12(8-10)20(15,18)19/h7-9H,2-6H2,1H3,(H,16,17). The van der Waals surface area contributed by atoms with E-state index in [1.165, 1.54) is 12.1 Å². The van der Waals surface area contributed by atoms with E-state index in [9.17, 15) is 13.2 Å². The number of amides is 1. The third-order valence-corrected chi connectivity index (χ3v) is 4.52. The number of benzene rings is 1. The van der Waals surface area contributed by atoms with Gasteiger partial charge in [-0.3, -0.25) is 4.79 Å². The van der Waals surface area contributed by atoms with Crippen molar-refractivity contribution >= 4 is 41.6 Å². The van der Waals surface area contributed by atoms with Gasteiger partial charge < -0.3 is 5.32 Å². The monoisotopic (exact) mass is 381 g/mol. The lowest BCUT2D eigenvalue weighted by Crippen LogP contribution is -2.24. The third kappa shape index (κ3) is 5.81. The summed E-state index contributed by atoms with van der Waals surface area (Å²) in [4.78, 5) is 11.8. The van der Waals surface area contributed by atoms with Gasteiger partial charge in [0.05, 0.1) is 4.90 Å². The Morgan fingerprint density at radius 2 is 1.95 bits per heavy atom. The van der Waals surface area contributed by atoms with E-state index in [4.69, 9.17) is 10.7 Å². The minimum Gasteiger partial charge on any atom is -0.352 e. The number of rotatable bonds is 7. The number of nitrogens with one attached hydrogen (secondary N) is 1. The molecule has 7 heteroatoms. The zero-order valence-corrected chi connectivity index (χ0v) is 14.3. The van der Waals surface area contributed by atoms with Gasteiger partial charge in [-0.1, -0.05) is 42.1 Å². The normalized spacial score (nSPS) is 11.3. The van der Waals surface area contributed by atoms with Gasteiger partial charge in [-0.15, -0.1) is 0 Å². The van der Waals surface area contributed by atoms with Crippen LogP contribution in [0.25, 0.3) is 0 Å². The van der Waals surface area contributed by atoms with Gasteiger partial charge in [0.25, 0.3) is 15.0 Å². The van der Waals surface area contributed by atoms with E-state index < -0.39 is 9.05 Å². The molecule has 0 aliphatic rings. The van der Waals surface area contributed by atoms with Crippen LogP contribution >= 0.6 is 26.6 Å². The summed E-state index contributed by atoms with van der Waals surface area (Å²) in [6, 6.07) is 4.20. The first-order valence-electron chi connectivity index (χ1n) is 6.38. The highest BCUT2D eigenvalue weighted by Gasteiger charge is 2.15. The fourth-order valence-corrected chi connectivity index (χ4v) is 3.14. The third-order valence-electron chi connectivity index (χ3n) is 2.73. The molecule has 0 heterocycles. The molecule has 0 aliphatic heterocycles. The lowest BCUT2D eigenvalue weighted by molar-refractivity contribution is 0.0952. The van der Waals surface area contributed by atoms with Crippen molar-refractivity contribution in [3.63, 3.8) is 0 Å². The highest BCUT2D eigenvalue weighted by atomic mass is 79.9. The zero-order chi connectivity index (χ0) is 15.2. The minimum absolute atomic E-state index is 0.0929. The van der Waals surface area contributed by atoms with Gasteiger partial charge in [0.15, 0.2) is 0 Å². The van der Waals surface area contributed by atoms with E-state index in [-0.39, 0.29) is 16.4 Å². The molecule has 0 bridgehead atoms. The molecule has 0 spiro atoms. The molecule has 4 nitrogen and oxygen atoms in total. The maximum Gasteiger partial charge on any atom is 0.261 e. The van der Waals surface area contributed by atoms with Crippen molar-refractivity contribution in [1.29, 1.82) is 0 Å². The smallest absolute Gasteiger partial charge is 0.261 e. The van der Waals surface area contributed by atoms with Crippen molar-refractivity contribution in [2.75, 3.05) is 6.54 Å². The Balaban J connectivity index is 2.71. The van der Waals surface area contributed by atoms with Crippen molar-refractivity contribution in [3.8, 4) is 0 Å². The molecular weight excluding hydrogens is 366 g/mol. The van der Waals surface area contributed by atoms with Crippen LogP contribution < -0.4 is 5.32 Å². The highest BCUT2D eigenvalue weighted by molar-refractivity contribution is 9.10. The summed E-state index contributed by atoms with van der Waals surface area (Å²) >= 11 is 3.17. The molecule has 0 saturated heterocycles. The summed E-state index contributed by atoms with van der Waals surface area (Å²) in [6.07, 6.45) is 4.25. The van der Waals surface area contributed by atoms with Crippen LogP contribution in [-0.4, -0.2) is 20.9 Å². The molecule has 1 rings (SSSR count). The van der Waals surface area contributed by atoms with Gasteiger partial charge in [-0.2, -0.15) is 0 Å². The van der Waals surface area contributed by atoms with Gasteiger partial charge in [0, 0.05) is 27.3 Å². The Morgan fingerprint density at radius 1 is 1.25 bits per heavy atom. The zero-order valence-electron chi connectivity index (χ0n) is 11.2. The first-order valence-corrected chi connectivity index (χ1v) is 9.48. The summed E-state index contributed by atoms with van der Waals surface area (Å²) in [5.74, 6) is -0.302. The summed E-state index contributed by atoms with van der Waals surface area (Å²) in [6.45, 7) is 2.70. The molecule has 20 heavy (non-hydrogen) atoms. The van der Waals surface area contributed by atoms with Crippen molar-refractivity contribution in [3.05, 3.63) is 28.2 Å². The van der Waals surface area contributed by atoms with Crippen LogP contribution in [0.5, 0.6) is 0 Å². The van der Waals surface area contributed by atoms with E-state index >= 15 is 0 Å². The van der Waals surface area contributed by atoms with Crippen LogP contribution in [0.3, 0.4) is 0 Å². The summed E-state index contributed by atoms with van der Waals surface area (Å²) in [5.41, 5.74) is 0.272. The first-order chi connectivity index (χ1) is 9.34. The van der Waals surface area contributed by atoms with E-state index in [1.807, 2.05) is 0 Å². The van der Waals surface area contributed by atoms with Crippen molar-refractivity contribution in [2.24, 2.45) is 0 Å². The number of carbonyl (C=O) groups excluding carboxylic acids is 1. The molecule has 112 valence electrons. The summed E-state index contributed by atoms with van der Waals surface area (Å²) < 4.78 is 23.1. The molecule has 0 saturated carbocycles. The molecule has 1 aromatic carbocycles. The van der Waals surface area contributed by atoms with Crippen molar-refractivity contribution < 1.29 is 13.2 Å². The Hall–Kier alpha value is -0.590. The second kappa shape index (κ2) is 8.00. The van der Waals surface area contributed by atoms with Crippen molar-refractivity contribution in [2.45, 2.75) is 37.5 Å². The number of hydrogen-bond donors (Lipinski definition) is 1. The number of hydrogen-bond acceptors (Lipinski definition) is 3. The van der Waals surface area contributed by atoms with Gasteiger partial charge in [-0.05, 0) is 24.6 Å². The minimum atomic E-state index is -3.85. The number of unbranched alkanes of at least 4 members (excludes halogenated alkanes) is 3. The second-order valence-electron chi connectivity index (χ2n) is 4.43. The van der Waals surface area contributed by atoms with Gasteiger partial charge in [-0.25, -0.2) is 8.42 Å². The molecule has 0 aliphatic carbocycles. The SMILES string of the molecule is CCCCCCNC(=O)c1cc(Br)cc(S(=O)(=O)Cl)c1. The average molecular weight is 383 g/mol. The van der Waals surface area contributed by atoms with E-state index in [1.54, 1.807) is 6.07 Å².